The van der Waals surface area contributed by atoms with Crippen LogP contribution in [-0.2, 0) is 4.74 Å². The highest BCUT2D eigenvalue weighted by Gasteiger charge is 2.50. The van der Waals surface area contributed by atoms with Crippen molar-refractivity contribution in [1.82, 2.24) is 24.9 Å². The Bertz CT molecular complexity index is 861. The molecule has 2 unspecified atom stereocenters. The number of rotatable bonds is 2. The van der Waals surface area contributed by atoms with Crippen molar-refractivity contribution < 1.29 is 26.7 Å². The Morgan fingerprint density at radius 1 is 1.16 bits per heavy atom. The molecule has 0 aromatic heterocycles. The molecule has 7 nitrogen and oxygen atoms in total. The molecule has 2 saturated heterocycles. The van der Waals surface area contributed by atoms with Crippen LogP contribution in [0.2, 0.25) is 0 Å². The Labute approximate surface area is 183 Å². The fourth-order valence-corrected chi connectivity index (χ4v) is 4.54. The lowest BCUT2D eigenvalue weighted by molar-refractivity contribution is -0.161. The smallest absolute Gasteiger partial charge is 0.379 e. The summed E-state index contributed by atoms with van der Waals surface area (Å²) in [4.78, 5) is 6.06. The minimum Gasteiger partial charge on any atom is -0.379 e. The average Bonchev–Trinajstić information content (AvgIpc) is 2.68. The highest BCUT2D eigenvalue weighted by molar-refractivity contribution is 5.92. The van der Waals surface area contributed by atoms with Crippen LogP contribution in [0.3, 0.4) is 0 Å². The lowest BCUT2D eigenvalue weighted by Crippen LogP contribution is -2.66. The lowest BCUT2D eigenvalue weighted by Gasteiger charge is -2.51. The molecule has 0 saturated carbocycles. The molecule has 0 aromatic rings. The maximum Gasteiger partial charge on any atom is 0.413 e. The van der Waals surface area contributed by atoms with Crippen molar-refractivity contribution in [3.63, 3.8) is 0 Å². The summed E-state index contributed by atoms with van der Waals surface area (Å²) in [5.41, 5.74) is 0.242. The maximum atomic E-state index is 14.0. The number of likely N-dealkylation sites (tertiary alicyclic amines) is 1. The molecule has 4 aliphatic heterocycles. The van der Waals surface area contributed by atoms with Crippen molar-refractivity contribution >= 4 is 5.84 Å². The lowest BCUT2D eigenvalue weighted by atomic mass is 9.96. The Balaban J connectivity index is 1.80. The van der Waals surface area contributed by atoms with E-state index < -0.39 is 37.5 Å². The number of likely N-dealkylation sites (N-methyl/N-ethyl adjacent to an activating group) is 2. The third kappa shape index (κ3) is 4.05. The normalized spacial score (nSPS) is 33.8. The number of hydrogen-bond donors (Lipinski definition) is 2. The van der Waals surface area contributed by atoms with E-state index in [1.807, 2.05) is 6.92 Å². The van der Waals surface area contributed by atoms with Crippen LogP contribution in [0.4, 0.5) is 22.0 Å². The molecule has 4 aliphatic rings. The molecule has 3 atom stereocenters. The van der Waals surface area contributed by atoms with Gasteiger partial charge in [-0.05, 0) is 13.0 Å². The molecule has 2 fully saturated rings. The maximum absolute atomic E-state index is 14.0. The SMILES string of the molecule is C[C@H]1COCCN1C1NC(N2CC(F)(F)C2)=CC(=C2C=CC(=N)N(C)C2C(F)(F)F)N1C. The summed E-state index contributed by atoms with van der Waals surface area (Å²) >= 11 is 0. The van der Waals surface area contributed by atoms with Gasteiger partial charge in [-0.2, -0.15) is 13.2 Å². The number of hydrogen-bond acceptors (Lipinski definition) is 6. The summed E-state index contributed by atoms with van der Waals surface area (Å²) in [5, 5.41) is 11.1. The molecule has 0 bridgehead atoms. The van der Waals surface area contributed by atoms with Crippen molar-refractivity contribution in [2.24, 2.45) is 0 Å². The van der Waals surface area contributed by atoms with E-state index in [4.69, 9.17) is 10.1 Å². The van der Waals surface area contributed by atoms with Crippen molar-refractivity contribution in [1.29, 1.82) is 5.41 Å². The Morgan fingerprint density at radius 3 is 2.44 bits per heavy atom. The molecule has 0 aromatic carbocycles. The van der Waals surface area contributed by atoms with Gasteiger partial charge in [0.15, 0.2) is 12.3 Å². The summed E-state index contributed by atoms with van der Waals surface area (Å²) in [5.74, 6) is -2.72. The zero-order chi connectivity index (χ0) is 23.4. The molecular formula is C20H27F5N6O. The van der Waals surface area contributed by atoms with E-state index in [-0.39, 0.29) is 23.1 Å². The zero-order valence-corrected chi connectivity index (χ0v) is 18.1. The van der Waals surface area contributed by atoms with Crippen LogP contribution >= 0.6 is 0 Å². The Morgan fingerprint density at radius 2 is 1.84 bits per heavy atom. The first-order valence-corrected chi connectivity index (χ1v) is 10.4. The summed E-state index contributed by atoms with van der Waals surface area (Å²) < 4.78 is 74.8. The van der Waals surface area contributed by atoms with Gasteiger partial charge in [0, 0.05) is 44.0 Å². The van der Waals surface area contributed by atoms with Gasteiger partial charge >= 0.3 is 6.18 Å². The molecule has 4 rings (SSSR count). The van der Waals surface area contributed by atoms with Gasteiger partial charge in [-0.25, -0.2) is 8.78 Å². The summed E-state index contributed by atoms with van der Waals surface area (Å²) in [6.07, 6.45) is -1.05. The van der Waals surface area contributed by atoms with Gasteiger partial charge in [-0.3, -0.25) is 10.3 Å². The Hall–Kier alpha value is -2.34. The second-order valence-corrected chi connectivity index (χ2v) is 8.65. The van der Waals surface area contributed by atoms with Crippen molar-refractivity contribution in [3.05, 3.63) is 35.3 Å². The first kappa shape index (κ1) is 22.8. The molecule has 4 heterocycles. The van der Waals surface area contributed by atoms with E-state index in [0.29, 0.717) is 25.6 Å². The van der Waals surface area contributed by atoms with Gasteiger partial charge in [0.1, 0.15) is 11.7 Å². The molecule has 12 heteroatoms. The fourth-order valence-electron chi connectivity index (χ4n) is 4.54. The zero-order valence-electron chi connectivity index (χ0n) is 18.1. The molecule has 0 aliphatic carbocycles. The van der Waals surface area contributed by atoms with E-state index in [0.717, 1.165) is 4.90 Å². The molecular weight excluding hydrogens is 435 g/mol. The third-order valence-corrected chi connectivity index (χ3v) is 6.30. The quantitative estimate of drug-likeness (QED) is 0.613. The van der Waals surface area contributed by atoms with Gasteiger partial charge in [0.2, 0.25) is 0 Å². The summed E-state index contributed by atoms with van der Waals surface area (Å²) in [6.45, 7) is 2.43. The number of ether oxygens (including phenoxy) is 1. The second kappa shape index (κ2) is 7.91. The number of nitrogens with one attached hydrogen (secondary N) is 2. The first-order chi connectivity index (χ1) is 14.9. The van der Waals surface area contributed by atoms with Crippen molar-refractivity contribution in [2.45, 2.75) is 37.4 Å². The third-order valence-electron chi connectivity index (χ3n) is 6.30. The fraction of sp³-hybridized carbons (Fsp3) is 0.650. The molecule has 178 valence electrons. The van der Waals surface area contributed by atoms with E-state index in [9.17, 15) is 22.0 Å². The molecule has 0 spiro atoms. The van der Waals surface area contributed by atoms with E-state index in [2.05, 4.69) is 10.2 Å². The highest BCUT2D eigenvalue weighted by Crippen LogP contribution is 2.38. The predicted molar refractivity (Wildman–Crippen MR) is 108 cm³/mol. The van der Waals surface area contributed by atoms with Crippen LogP contribution in [-0.4, -0.2) is 103 Å². The number of alkyl halides is 5. The van der Waals surface area contributed by atoms with Crippen molar-refractivity contribution in [3.8, 4) is 0 Å². The molecule has 0 amide bonds. The van der Waals surface area contributed by atoms with Gasteiger partial charge < -0.3 is 24.8 Å². The number of morpholine rings is 1. The standard InChI is InChI=1S/C20H27F5N6O/c1-12-9-32-7-6-31(12)18-27-16(30-10-19(21,22)11-30)8-14(28(18)2)13-4-5-15(26)29(3)17(13)20(23,24)25/h4-5,8,12,17-18,26-27H,6-7,9-11H2,1-3H3/t12-,17?,18?/m0/s1. The number of allylic oxidation sites excluding steroid dienone is 1. The highest BCUT2D eigenvalue weighted by atomic mass is 19.4. The van der Waals surface area contributed by atoms with Crippen molar-refractivity contribution in [2.75, 3.05) is 46.9 Å². The van der Waals surface area contributed by atoms with Crippen LogP contribution in [0.25, 0.3) is 0 Å². The summed E-state index contributed by atoms with van der Waals surface area (Å²) in [6, 6.07) is -2.04. The number of amidine groups is 1. The van der Waals surface area contributed by atoms with Gasteiger partial charge in [-0.15, -0.1) is 0 Å². The van der Waals surface area contributed by atoms with Crippen LogP contribution < -0.4 is 5.32 Å². The first-order valence-electron chi connectivity index (χ1n) is 10.4. The van der Waals surface area contributed by atoms with E-state index >= 15 is 0 Å². The number of halogens is 5. The minimum atomic E-state index is -4.63. The Kier molecular flexibility index (Phi) is 5.64. The van der Waals surface area contributed by atoms with Crippen LogP contribution in [0.5, 0.6) is 0 Å². The summed E-state index contributed by atoms with van der Waals surface area (Å²) in [7, 11) is 2.91. The number of nitrogens with zero attached hydrogens (tertiary/aromatic N) is 4. The monoisotopic (exact) mass is 462 g/mol. The predicted octanol–water partition coefficient (Wildman–Crippen LogP) is 1.98. The average molecular weight is 462 g/mol. The molecule has 2 N–H and O–H groups in total. The van der Waals surface area contributed by atoms with Gasteiger partial charge in [0.25, 0.3) is 5.92 Å². The van der Waals surface area contributed by atoms with Crippen LogP contribution in [0, 0.1) is 5.41 Å². The molecule has 0 radical (unpaired) electrons. The largest absolute Gasteiger partial charge is 0.413 e. The van der Waals surface area contributed by atoms with Gasteiger partial charge in [-0.1, -0.05) is 6.08 Å². The van der Waals surface area contributed by atoms with E-state index in [1.54, 1.807) is 11.9 Å². The van der Waals surface area contributed by atoms with Crippen LogP contribution in [0.1, 0.15) is 6.92 Å². The van der Waals surface area contributed by atoms with E-state index in [1.165, 1.54) is 30.2 Å². The minimum absolute atomic E-state index is 0.0247. The second-order valence-electron chi connectivity index (χ2n) is 8.65. The van der Waals surface area contributed by atoms with Crippen LogP contribution in [0.15, 0.2) is 35.3 Å². The van der Waals surface area contributed by atoms with Gasteiger partial charge in [0.05, 0.1) is 26.3 Å². The topological polar surface area (TPSA) is 58.1 Å². The molecule has 32 heavy (non-hydrogen) atoms.